The first-order valence-electron chi connectivity index (χ1n) is 8.58. The molecule has 1 aromatic carbocycles. The molecule has 28 heavy (non-hydrogen) atoms. The highest BCUT2D eigenvalue weighted by Crippen LogP contribution is 2.43. The molecule has 1 N–H and O–H groups in total. The van der Waals surface area contributed by atoms with Crippen molar-refractivity contribution in [3.05, 3.63) is 38.7 Å². The number of anilines is 1. The van der Waals surface area contributed by atoms with Gasteiger partial charge in [0, 0.05) is 31.6 Å². The molecule has 1 fully saturated rings. The second kappa shape index (κ2) is 6.61. The van der Waals surface area contributed by atoms with E-state index in [2.05, 4.69) is 4.90 Å². The number of benzene rings is 1. The first-order chi connectivity index (χ1) is 13.0. The summed E-state index contributed by atoms with van der Waals surface area (Å²) in [6.45, 7) is 3.10. The van der Waals surface area contributed by atoms with Crippen LogP contribution >= 0.6 is 23.7 Å². The lowest BCUT2D eigenvalue weighted by atomic mass is 10.1. The Morgan fingerprint density at radius 2 is 2.00 bits per heavy atom. The molecule has 0 aliphatic carbocycles. The van der Waals surface area contributed by atoms with Crippen molar-refractivity contribution in [1.29, 1.82) is 0 Å². The zero-order valence-corrected chi connectivity index (χ0v) is 16.5. The number of rotatable bonds is 2. The monoisotopic (exact) mass is 425 g/mol. The lowest BCUT2D eigenvalue weighted by Crippen LogP contribution is -2.45. The zero-order chi connectivity index (χ0) is 18.9. The minimum absolute atomic E-state index is 0. The van der Waals surface area contributed by atoms with Crippen LogP contribution in [0.25, 0.3) is 15.7 Å². The highest BCUT2D eigenvalue weighted by Gasteiger charge is 2.31. The van der Waals surface area contributed by atoms with Crippen LogP contribution in [0.5, 0.6) is 5.75 Å². The molecule has 5 rings (SSSR count). The van der Waals surface area contributed by atoms with E-state index in [4.69, 9.17) is 4.74 Å². The number of aromatic nitrogens is 1. The molecule has 0 atom stereocenters. The number of carboxylic acids is 1. The highest BCUT2D eigenvalue weighted by atomic mass is 35.5. The van der Waals surface area contributed by atoms with Crippen molar-refractivity contribution in [3.63, 3.8) is 0 Å². The lowest BCUT2D eigenvalue weighted by molar-refractivity contribution is 0.0697. The molecule has 4 heterocycles. The van der Waals surface area contributed by atoms with Gasteiger partial charge in [-0.1, -0.05) is 0 Å². The number of hydrogen-bond donors (Lipinski definition) is 1. The molecular formula is C18H17ClFN3O4S. The third-order valence-electron chi connectivity index (χ3n) is 5.29. The molecule has 10 heteroatoms. The maximum absolute atomic E-state index is 15.1. The smallest absolute Gasteiger partial charge is 0.342 e. The Bertz CT molecular complexity index is 1180. The van der Waals surface area contributed by atoms with E-state index in [1.165, 1.54) is 11.3 Å². The van der Waals surface area contributed by atoms with E-state index in [0.717, 1.165) is 24.8 Å². The second-order valence-corrected chi connectivity index (χ2v) is 7.75. The molecule has 0 amide bonds. The standard InChI is InChI=1S/C18H16FN3O4S.ClH/c1-20-2-4-21(5-3-20)14-11(19)6-10-13-16(14)26-7-9-8-27-17(22(9)13)12(15(10)23)18(24)25;/h6,8H,2-5,7H2,1H3,(H,24,25);1H. The van der Waals surface area contributed by atoms with Crippen molar-refractivity contribution in [3.8, 4) is 5.75 Å². The average molecular weight is 426 g/mol. The van der Waals surface area contributed by atoms with Crippen LogP contribution in [0.4, 0.5) is 10.1 Å². The summed E-state index contributed by atoms with van der Waals surface area (Å²) in [6.07, 6.45) is 0. The van der Waals surface area contributed by atoms with Crippen LogP contribution in [0.15, 0.2) is 16.2 Å². The van der Waals surface area contributed by atoms with Gasteiger partial charge in [-0.25, -0.2) is 9.18 Å². The van der Waals surface area contributed by atoms with E-state index in [-0.39, 0.29) is 30.0 Å². The fraction of sp³-hybridized carbons (Fsp3) is 0.333. The Morgan fingerprint density at radius 1 is 1.29 bits per heavy atom. The van der Waals surface area contributed by atoms with Gasteiger partial charge >= 0.3 is 5.97 Å². The molecule has 0 radical (unpaired) electrons. The molecule has 0 spiro atoms. The average Bonchev–Trinajstić information content (AvgIpc) is 3.06. The van der Waals surface area contributed by atoms with E-state index in [0.29, 0.717) is 34.9 Å². The largest absolute Gasteiger partial charge is 0.483 e. The van der Waals surface area contributed by atoms with Crippen LogP contribution in [0.2, 0.25) is 0 Å². The van der Waals surface area contributed by atoms with Crippen molar-refractivity contribution < 1.29 is 19.0 Å². The van der Waals surface area contributed by atoms with Crippen LogP contribution in [-0.4, -0.2) is 53.6 Å². The number of piperazine rings is 1. The molecule has 2 aromatic heterocycles. The predicted molar refractivity (Wildman–Crippen MR) is 107 cm³/mol. The SMILES string of the molecule is CN1CCN(c2c(F)cc3c(=O)c(C(=O)O)c4scc5n4c3c2OC5)CC1.Cl. The number of halogens is 2. The van der Waals surface area contributed by atoms with E-state index in [1.807, 2.05) is 11.9 Å². The quantitative estimate of drug-likeness (QED) is 0.679. The summed E-state index contributed by atoms with van der Waals surface area (Å²) in [5.41, 5.74) is 0.562. The number of aromatic carboxylic acids is 1. The van der Waals surface area contributed by atoms with Gasteiger partial charge in [-0.15, -0.1) is 23.7 Å². The summed E-state index contributed by atoms with van der Waals surface area (Å²) in [7, 11) is 2.02. The van der Waals surface area contributed by atoms with Gasteiger partial charge in [0.1, 0.15) is 28.2 Å². The summed E-state index contributed by atoms with van der Waals surface area (Å²) in [5, 5.41) is 11.3. The summed E-state index contributed by atoms with van der Waals surface area (Å²) >= 11 is 1.19. The normalized spacial score (nSPS) is 16.4. The van der Waals surface area contributed by atoms with E-state index >= 15 is 4.39 Å². The zero-order valence-electron chi connectivity index (χ0n) is 14.9. The Balaban J connectivity index is 0.00000192. The van der Waals surface area contributed by atoms with E-state index < -0.39 is 17.2 Å². The lowest BCUT2D eigenvalue weighted by Gasteiger charge is -2.35. The molecule has 0 saturated carbocycles. The highest BCUT2D eigenvalue weighted by molar-refractivity contribution is 7.16. The summed E-state index contributed by atoms with van der Waals surface area (Å²) in [4.78, 5) is 29.0. The number of thiazole rings is 1. The van der Waals surface area contributed by atoms with Crippen LogP contribution in [-0.2, 0) is 6.61 Å². The first-order valence-corrected chi connectivity index (χ1v) is 9.46. The fourth-order valence-corrected chi connectivity index (χ4v) is 4.94. The number of ether oxygens (including phenoxy) is 1. The number of pyridine rings is 1. The van der Waals surface area contributed by atoms with Gasteiger partial charge in [-0.05, 0) is 13.1 Å². The maximum atomic E-state index is 15.1. The van der Waals surface area contributed by atoms with E-state index in [9.17, 15) is 14.7 Å². The Kier molecular flexibility index (Phi) is 4.48. The summed E-state index contributed by atoms with van der Waals surface area (Å²) < 4.78 is 22.7. The van der Waals surface area contributed by atoms with Crippen molar-refractivity contribution in [1.82, 2.24) is 9.30 Å². The molecule has 2 aliphatic heterocycles. The number of hydrogen-bond acceptors (Lipinski definition) is 6. The summed E-state index contributed by atoms with van der Waals surface area (Å²) in [6, 6.07) is 1.16. The molecule has 1 saturated heterocycles. The van der Waals surface area contributed by atoms with Crippen molar-refractivity contribution in [2.24, 2.45) is 0 Å². The Morgan fingerprint density at radius 3 is 2.68 bits per heavy atom. The first kappa shape index (κ1) is 19.0. The minimum Gasteiger partial charge on any atom is -0.483 e. The van der Waals surface area contributed by atoms with E-state index in [1.54, 1.807) is 9.78 Å². The van der Waals surface area contributed by atoms with Gasteiger partial charge in [-0.3, -0.25) is 9.20 Å². The molecule has 148 valence electrons. The predicted octanol–water partition coefficient (Wildman–Crippen LogP) is 2.42. The Labute approximate surface area is 168 Å². The van der Waals surface area contributed by atoms with Crippen molar-refractivity contribution >= 4 is 51.1 Å². The van der Waals surface area contributed by atoms with Gasteiger partial charge < -0.3 is 19.6 Å². The van der Waals surface area contributed by atoms with Crippen LogP contribution in [0.3, 0.4) is 0 Å². The molecule has 0 unspecified atom stereocenters. The van der Waals surface area contributed by atoms with Crippen molar-refractivity contribution in [2.45, 2.75) is 6.61 Å². The number of carboxylic acid groups (broad SMARTS) is 1. The third kappa shape index (κ3) is 2.50. The maximum Gasteiger partial charge on any atom is 0.342 e. The number of carbonyl (C=O) groups is 1. The van der Waals surface area contributed by atoms with Crippen LogP contribution in [0.1, 0.15) is 16.1 Å². The Hall–Kier alpha value is -2.36. The molecule has 3 aromatic rings. The molecule has 0 bridgehead atoms. The van der Waals surface area contributed by atoms with Gasteiger partial charge in [0.25, 0.3) is 0 Å². The minimum atomic E-state index is -1.31. The second-order valence-electron chi connectivity index (χ2n) is 6.89. The third-order valence-corrected chi connectivity index (χ3v) is 6.29. The van der Waals surface area contributed by atoms with Crippen LogP contribution in [0, 0.1) is 5.82 Å². The number of nitrogens with zero attached hydrogens (tertiary/aromatic N) is 3. The number of likely N-dealkylation sites (N-methyl/N-ethyl adjacent to an activating group) is 1. The molecule has 2 aliphatic rings. The van der Waals surface area contributed by atoms with Gasteiger partial charge in [0.05, 0.1) is 11.1 Å². The van der Waals surface area contributed by atoms with Crippen LogP contribution < -0.4 is 15.1 Å². The molecule has 7 nitrogen and oxygen atoms in total. The fourth-order valence-electron chi connectivity index (χ4n) is 3.90. The topological polar surface area (TPSA) is 74.5 Å². The van der Waals surface area contributed by atoms with Crippen molar-refractivity contribution in [2.75, 3.05) is 38.1 Å². The van der Waals surface area contributed by atoms with Gasteiger partial charge in [0.2, 0.25) is 5.43 Å². The van der Waals surface area contributed by atoms with Gasteiger partial charge in [-0.2, -0.15) is 0 Å². The van der Waals surface area contributed by atoms with Gasteiger partial charge in [0.15, 0.2) is 11.6 Å². The summed E-state index contributed by atoms with van der Waals surface area (Å²) in [5.74, 6) is -1.54. The molecular weight excluding hydrogens is 409 g/mol.